The highest BCUT2D eigenvalue weighted by Gasteiger charge is 2.24. The molecule has 1 saturated carbocycles. The van der Waals surface area contributed by atoms with Crippen LogP contribution in [0.4, 0.5) is 4.79 Å². The molecule has 2 atom stereocenters. The third-order valence-electron chi connectivity index (χ3n) is 4.44. The van der Waals surface area contributed by atoms with E-state index in [1.807, 2.05) is 43.6 Å². The van der Waals surface area contributed by atoms with Crippen molar-refractivity contribution in [2.45, 2.75) is 44.4 Å². The van der Waals surface area contributed by atoms with Crippen molar-refractivity contribution in [2.75, 3.05) is 0 Å². The molecule has 1 aromatic carbocycles. The second-order valence-electron chi connectivity index (χ2n) is 6.33. The van der Waals surface area contributed by atoms with Crippen molar-refractivity contribution in [3.05, 3.63) is 42.1 Å². The zero-order chi connectivity index (χ0) is 16.9. The SMILES string of the molecule is Cn1cc(CNC(=O)N[C@@H]2CCCC[C@@H]2O)c(-c2ccccc2)n1. The fourth-order valence-electron chi connectivity index (χ4n) is 3.18. The van der Waals surface area contributed by atoms with E-state index in [2.05, 4.69) is 15.7 Å². The van der Waals surface area contributed by atoms with Crippen LogP contribution in [0.1, 0.15) is 31.2 Å². The number of rotatable bonds is 4. The van der Waals surface area contributed by atoms with Crippen LogP contribution in [0.2, 0.25) is 0 Å². The summed E-state index contributed by atoms with van der Waals surface area (Å²) in [6.07, 6.45) is 5.13. The topological polar surface area (TPSA) is 79.2 Å². The maximum absolute atomic E-state index is 12.1. The molecule has 1 fully saturated rings. The van der Waals surface area contributed by atoms with E-state index in [4.69, 9.17) is 0 Å². The quantitative estimate of drug-likeness (QED) is 0.805. The summed E-state index contributed by atoms with van der Waals surface area (Å²) >= 11 is 0. The number of hydrogen-bond donors (Lipinski definition) is 3. The Morgan fingerprint density at radius 2 is 2.04 bits per heavy atom. The molecule has 0 unspecified atom stereocenters. The van der Waals surface area contributed by atoms with Crippen molar-refractivity contribution in [2.24, 2.45) is 7.05 Å². The molecule has 0 radical (unpaired) electrons. The zero-order valence-electron chi connectivity index (χ0n) is 13.9. The van der Waals surface area contributed by atoms with Gasteiger partial charge in [-0.1, -0.05) is 43.2 Å². The van der Waals surface area contributed by atoms with Gasteiger partial charge in [0.25, 0.3) is 0 Å². The van der Waals surface area contributed by atoms with Crippen LogP contribution in [-0.2, 0) is 13.6 Å². The van der Waals surface area contributed by atoms with Crippen molar-refractivity contribution in [1.82, 2.24) is 20.4 Å². The maximum atomic E-state index is 12.1. The van der Waals surface area contributed by atoms with Gasteiger partial charge in [-0.2, -0.15) is 5.10 Å². The normalized spacial score (nSPS) is 20.6. The van der Waals surface area contributed by atoms with Crippen molar-refractivity contribution in [1.29, 1.82) is 0 Å². The molecule has 3 N–H and O–H groups in total. The smallest absolute Gasteiger partial charge is 0.315 e. The van der Waals surface area contributed by atoms with Crippen LogP contribution in [0.5, 0.6) is 0 Å². The third-order valence-corrected chi connectivity index (χ3v) is 4.44. The predicted octanol–water partition coefficient (Wildman–Crippen LogP) is 2.19. The number of carbonyl (C=O) groups is 1. The van der Waals surface area contributed by atoms with Crippen LogP contribution >= 0.6 is 0 Å². The minimum atomic E-state index is -0.442. The maximum Gasteiger partial charge on any atom is 0.315 e. The molecule has 0 aliphatic heterocycles. The van der Waals surface area contributed by atoms with Gasteiger partial charge in [0.1, 0.15) is 0 Å². The lowest BCUT2D eigenvalue weighted by Gasteiger charge is -2.28. The highest BCUT2D eigenvalue weighted by Crippen LogP contribution is 2.21. The summed E-state index contributed by atoms with van der Waals surface area (Å²) in [6, 6.07) is 9.52. The Bertz CT molecular complexity index is 684. The average molecular weight is 328 g/mol. The molecule has 0 saturated heterocycles. The third kappa shape index (κ3) is 3.94. The molecule has 2 amide bonds. The minimum absolute atomic E-state index is 0.152. The molecular weight excluding hydrogens is 304 g/mol. The molecule has 3 rings (SSSR count). The Hall–Kier alpha value is -2.34. The summed E-state index contributed by atoms with van der Waals surface area (Å²) < 4.78 is 1.75. The molecule has 0 spiro atoms. The number of benzene rings is 1. The molecule has 1 aromatic heterocycles. The number of aromatic nitrogens is 2. The van der Waals surface area contributed by atoms with Crippen LogP contribution in [0.15, 0.2) is 36.5 Å². The first-order valence-corrected chi connectivity index (χ1v) is 8.44. The lowest BCUT2D eigenvalue weighted by molar-refractivity contribution is 0.0943. The molecule has 0 bridgehead atoms. The lowest BCUT2D eigenvalue weighted by atomic mass is 9.93. The summed E-state index contributed by atoms with van der Waals surface area (Å²) in [5, 5.41) is 20.2. The Kier molecular flexibility index (Phi) is 5.15. The lowest BCUT2D eigenvalue weighted by Crippen LogP contribution is -2.48. The van der Waals surface area contributed by atoms with Gasteiger partial charge in [-0.15, -0.1) is 0 Å². The van der Waals surface area contributed by atoms with E-state index in [1.165, 1.54) is 0 Å². The highest BCUT2D eigenvalue weighted by atomic mass is 16.3. The van der Waals surface area contributed by atoms with E-state index >= 15 is 0 Å². The first-order chi connectivity index (χ1) is 11.6. The van der Waals surface area contributed by atoms with Gasteiger partial charge in [0.05, 0.1) is 17.8 Å². The van der Waals surface area contributed by atoms with Gasteiger partial charge in [0.2, 0.25) is 0 Å². The number of carbonyl (C=O) groups excluding carboxylic acids is 1. The van der Waals surface area contributed by atoms with E-state index in [0.717, 1.165) is 42.5 Å². The van der Waals surface area contributed by atoms with E-state index < -0.39 is 6.10 Å². The van der Waals surface area contributed by atoms with Crippen molar-refractivity contribution >= 4 is 6.03 Å². The monoisotopic (exact) mass is 328 g/mol. The number of nitrogens with zero attached hydrogens (tertiary/aromatic N) is 2. The number of aryl methyl sites for hydroxylation is 1. The zero-order valence-corrected chi connectivity index (χ0v) is 13.9. The predicted molar refractivity (Wildman–Crippen MR) is 92.3 cm³/mol. The minimum Gasteiger partial charge on any atom is -0.391 e. The molecule has 6 heteroatoms. The number of nitrogens with one attached hydrogen (secondary N) is 2. The van der Waals surface area contributed by atoms with Gasteiger partial charge in [0.15, 0.2) is 0 Å². The Morgan fingerprint density at radius 1 is 1.29 bits per heavy atom. The molecule has 1 aliphatic carbocycles. The van der Waals surface area contributed by atoms with Crippen LogP contribution in [0.3, 0.4) is 0 Å². The van der Waals surface area contributed by atoms with Crippen LogP contribution in [0.25, 0.3) is 11.3 Å². The van der Waals surface area contributed by atoms with Gasteiger partial charge in [0, 0.05) is 30.9 Å². The largest absolute Gasteiger partial charge is 0.391 e. The van der Waals surface area contributed by atoms with Gasteiger partial charge in [-0.25, -0.2) is 4.79 Å². The van der Waals surface area contributed by atoms with Gasteiger partial charge >= 0.3 is 6.03 Å². The van der Waals surface area contributed by atoms with Crippen molar-refractivity contribution < 1.29 is 9.90 Å². The molecule has 1 heterocycles. The Labute approximate surface area is 141 Å². The summed E-state index contributed by atoms with van der Waals surface area (Å²) in [6.45, 7) is 0.396. The average Bonchev–Trinajstić information content (AvgIpc) is 2.97. The van der Waals surface area contributed by atoms with E-state index in [-0.39, 0.29) is 12.1 Å². The number of urea groups is 1. The first-order valence-electron chi connectivity index (χ1n) is 8.44. The van der Waals surface area contributed by atoms with E-state index in [0.29, 0.717) is 6.54 Å². The summed E-state index contributed by atoms with van der Waals surface area (Å²) in [4.78, 5) is 12.1. The second-order valence-corrected chi connectivity index (χ2v) is 6.33. The summed E-state index contributed by atoms with van der Waals surface area (Å²) in [5.74, 6) is 0. The number of aliphatic hydroxyl groups is 1. The number of aliphatic hydroxyl groups excluding tert-OH is 1. The molecule has 6 nitrogen and oxygen atoms in total. The van der Waals surface area contributed by atoms with Crippen molar-refractivity contribution in [3.63, 3.8) is 0 Å². The van der Waals surface area contributed by atoms with Crippen LogP contribution < -0.4 is 10.6 Å². The van der Waals surface area contributed by atoms with Crippen LogP contribution in [0, 0.1) is 0 Å². The van der Waals surface area contributed by atoms with Gasteiger partial charge < -0.3 is 15.7 Å². The molecule has 2 aromatic rings. The first kappa shape index (κ1) is 16.5. The standard InChI is InChI=1S/C18H24N4O2/c1-22-12-14(17(21-22)13-7-3-2-4-8-13)11-19-18(24)20-15-9-5-6-10-16(15)23/h2-4,7-8,12,15-16,23H,5-6,9-11H2,1H3,(H2,19,20,24)/t15-,16+/m1/s1. The Balaban J connectivity index is 1.61. The summed E-state index contributed by atoms with van der Waals surface area (Å²) in [7, 11) is 1.87. The number of hydrogen-bond acceptors (Lipinski definition) is 3. The molecule has 1 aliphatic rings. The van der Waals surface area contributed by atoms with Gasteiger partial charge in [-0.3, -0.25) is 4.68 Å². The molecule has 24 heavy (non-hydrogen) atoms. The number of amides is 2. The Morgan fingerprint density at radius 3 is 2.79 bits per heavy atom. The van der Waals surface area contributed by atoms with Gasteiger partial charge in [-0.05, 0) is 12.8 Å². The van der Waals surface area contributed by atoms with Crippen LogP contribution in [-0.4, -0.2) is 33.1 Å². The molecular formula is C18H24N4O2. The van der Waals surface area contributed by atoms with Crippen molar-refractivity contribution in [3.8, 4) is 11.3 Å². The highest BCUT2D eigenvalue weighted by molar-refractivity contribution is 5.74. The second kappa shape index (κ2) is 7.49. The fraction of sp³-hybridized carbons (Fsp3) is 0.444. The fourth-order valence-corrected chi connectivity index (χ4v) is 3.18. The van der Waals surface area contributed by atoms with E-state index in [1.54, 1.807) is 4.68 Å². The van der Waals surface area contributed by atoms with E-state index in [9.17, 15) is 9.90 Å². The summed E-state index contributed by atoms with van der Waals surface area (Å²) in [5.41, 5.74) is 2.86. The molecule has 128 valence electrons.